The molecule has 0 amide bonds. The molecule has 1 aliphatic rings. The van der Waals surface area contributed by atoms with E-state index < -0.39 is 5.60 Å². The van der Waals surface area contributed by atoms with Crippen LogP contribution in [0.2, 0.25) is 0 Å². The van der Waals surface area contributed by atoms with Crippen molar-refractivity contribution in [3.63, 3.8) is 0 Å². The number of rotatable bonds is 1. The average molecular weight is 126 g/mol. The van der Waals surface area contributed by atoms with Crippen molar-refractivity contribution in [2.45, 2.75) is 32.3 Å². The fourth-order valence-corrected chi connectivity index (χ4v) is 1.19. The molecule has 0 unspecified atom stereocenters. The van der Waals surface area contributed by atoms with Crippen LogP contribution in [0.25, 0.3) is 0 Å². The highest BCUT2D eigenvalue weighted by Crippen LogP contribution is 2.28. The highest BCUT2D eigenvalue weighted by molar-refractivity contribution is 4.99. The molecule has 1 aliphatic carbocycles. The second-order valence-electron chi connectivity index (χ2n) is 3.29. The molecular formula is C8H14O. The summed E-state index contributed by atoms with van der Waals surface area (Å²) in [5, 5.41) is 9.48. The van der Waals surface area contributed by atoms with Crippen LogP contribution in [0.3, 0.4) is 0 Å². The molecule has 0 fully saturated rings. The molecule has 0 heterocycles. The van der Waals surface area contributed by atoms with Crippen LogP contribution in [0.15, 0.2) is 12.2 Å². The van der Waals surface area contributed by atoms with Gasteiger partial charge in [0.05, 0.1) is 5.60 Å². The molecule has 0 spiro atoms. The number of hydrogen-bond donors (Lipinski definition) is 1. The standard InChI is InChI=1S/C8H14O/c1-8(2,9)7-5-3-4-6-7/h3-4,7,9H,5-6H2,1-2H3. The first-order valence-corrected chi connectivity index (χ1v) is 3.48. The van der Waals surface area contributed by atoms with E-state index in [4.69, 9.17) is 0 Å². The number of allylic oxidation sites excluding steroid dienone is 2. The predicted molar refractivity (Wildman–Crippen MR) is 38.2 cm³/mol. The van der Waals surface area contributed by atoms with Crippen molar-refractivity contribution in [1.29, 1.82) is 0 Å². The fourth-order valence-electron chi connectivity index (χ4n) is 1.19. The van der Waals surface area contributed by atoms with Crippen molar-refractivity contribution in [2.24, 2.45) is 5.92 Å². The van der Waals surface area contributed by atoms with Gasteiger partial charge in [-0.15, -0.1) is 0 Å². The van der Waals surface area contributed by atoms with Crippen LogP contribution in [0, 0.1) is 5.92 Å². The quantitative estimate of drug-likeness (QED) is 0.530. The minimum atomic E-state index is -0.483. The van der Waals surface area contributed by atoms with Gasteiger partial charge in [0.15, 0.2) is 0 Å². The number of hydrogen-bond acceptors (Lipinski definition) is 1. The third-order valence-electron chi connectivity index (χ3n) is 2.01. The lowest BCUT2D eigenvalue weighted by molar-refractivity contribution is 0.0225. The van der Waals surface area contributed by atoms with Crippen LogP contribution in [0.4, 0.5) is 0 Å². The van der Waals surface area contributed by atoms with Crippen molar-refractivity contribution in [3.8, 4) is 0 Å². The Kier molecular flexibility index (Phi) is 1.62. The molecule has 0 atom stereocenters. The van der Waals surface area contributed by atoms with Crippen molar-refractivity contribution >= 4 is 0 Å². The molecule has 0 aromatic rings. The van der Waals surface area contributed by atoms with E-state index in [2.05, 4.69) is 12.2 Å². The first-order valence-electron chi connectivity index (χ1n) is 3.48. The summed E-state index contributed by atoms with van der Waals surface area (Å²) in [4.78, 5) is 0. The predicted octanol–water partition coefficient (Wildman–Crippen LogP) is 1.72. The van der Waals surface area contributed by atoms with Crippen LogP contribution < -0.4 is 0 Å². The van der Waals surface area contributed by atoms with Gasteiger partial charge in [-0.25, -0.2) is 0 Å². The van der Waals surface area contributed by atoms with E-state index in [0.29, 0.717) is 5.92 Å². The Morgan fingerprint density at radius 2 is 1.78 bits per heavy atom. The smallest absolute Gasteiger partial charge is 0.0625 e. The molecule has 0 saturated carbocycles. The summed E-state index contributed by atoms with van der Waals surface area (Å²) in [5.74, 6) is 0.456. The van der Waals surface area contributed by atoms with Crippen LogP contribution >= 0.6 is 0 Å². The Hall–Kier alpha value is -0.300. The molecule has 0 radical (unpaired) electrons. The molecule has 1 nitrogen and oxygen atoms in total. The van der Waals surface area contributed by atoms with Crippen molar-refractivity contribution in [1.82, 2.24) is 0 Å². The van der Waals surface area contributed by atoms with Gasteiger partial charge in [0.1, 0.15) is 0 Å². The molecule has 9 heavy (non-hydrogen) atoms. The maximum atomic E-state index is 9.48. The number of aliphatic hydroxyl groups is 1. The van der Waals surface area contributed by atoms with E-state index in [9.17, 15) is 5.11 Å². The molecular weight excluding hydrogens is 112 g/mol. The molecule has 0 aromatic heterocycles. The summed E-state index contributed by atoms with van der Waals surface area (Å²) in [6.07, 6.45) is 6.37. The minimum absolute atomic E-state index is 0.456. The summed E-state index contributed by atoms with van der Waals surface area (Å²) in [5.41, 5.74) is -0.483. The summed E-state index contributed by atoms with van der Waals surface area (Å²) in [6.45, 7) is 3.76. The van der Waals surface area contributed by atoms with E-state index in [-0.39, 0.29) is 0 Å². The zero-order valence-corrected chi connectivity index (χ0v) is 6.09. The summed E-state index contributed by atoms with van der Waals surface area (Å²) in [7, 11) is 0. The van der Waals surface area contributed by atoms with E-state index in [0.717, 1.165) is 12.8 Å². The molecule has 0 aliphatic heterocycles. The maximum Gasteiger partial charge on any atom is 0.0625 e. The molecule has 1 rings (SSSR count). The lowest BCUT2D eigenvalue weighted by atomic mass is 9.89. The average Bonchev–Trinajstić information content (AvgIpc) is 2.08. The molecule has 0 bridgehead atoms. The van der Waals surface area contributed by atoms with Crippen LogP contribution in [-0.2, 0) is 0 Å². The highest BCUT2D eigenvalue weighted by atomic mass is 16.3. The Labute approximate surface area is 56.4 Å². The lowest BCUT2D eigenvalue weighted by Crippen LogP contribution is -2.28. The Balaban J connectivity index is 2.46. The first-order chi connectivity index (χ1) is 4.11. The van der Waals surface area contributed by atoms with Crippen LogP contribution in [0.1, 0.15) is 26.7 Å². The van der Waals surface area contributed by atoms with Crippen molar-refractivity contribution in [2.75, 3.05) is 0 Å². The molecule has 52 valence electrons. The van der Waals surface area contributed by atoms with Gasteiger partial charge in [-0.2, -0.15) is 0 Å². The van der Waals surface area contributed by atoms with Gasteiger partial charge in [-0.1, -0.05) is 12.2 Å². The zero-order valence-electron chi connectivity index (χ0n) is 6.09. The fraction of sp³-hybridized carbons (Fsp3) is 0.750. The lowest BCUT2D eigenvalue weighted by Gasteiger charge is -2.24. The van der Waals surface area contributed by atoms with Gasteiger partial charge in [-0.3, -0.25) is 0 Å². The van der Waals surface area contributed by atoms with Gasteiger partial charge < -0.3 is 5.11 Å². The van der Waals surface area contributed by atoms with E-state index in [1.54, 1.807) is 0 Å². The highest BCUT2D eigenvalue weighted by Gasteiger charge is 2.26. The van der Waals surface area contributed by atoms with Crippen LogP contribution in [0.5, 0.6) is 0 Å². The first kappa shape index (κ1) is 6.81. The Morgan fingerprint density at radius 3 is 2.00 bits per heavy atom. The van der Waals surface area contributed by atoms with Crippen LogP contribution in [-0.4, -0.2) is 10.7 Å². The van der Waals surface area contributed by atoms with Gasteiger partial charge in [0.2, 0.25) is 0 Å². The SMILES string of the molecule is CC(C)(O)C1CC=CC1. The molecule has 0 saturated heterocycles. The summed E-state index contributed by atoms with van der Waals surface area (Å²) < 4.78 is 0. The summed E-state index contributed by atoms with van der Waals surface area (Å²) in [6, 6.07) is 0. The second kappa shape index (κ2) is 2.14. The topological polar surface area (TPSA) is 20.2 Å². The third kappa shape index (κ3) is 1.55. The normalized spacial score (nSPS) is 21.2. The molecule has 1 N–H and O–H groups in total. The largest absolute Gasteiger partial charge is 0.390 e. The summed E-state index contributed by atoms with van der Waals surface area (Å²) >= 11 is 0. The van der Waals surface area contributed by atoms with E-state index >= 15 is 0 Å². The maximum absolute atomic E-state index is 9.48. The van der Waals surface area contributed by atoms with Gasteiger partial charge >= 0.3 is 0 Å². The van der Waals surface area contributed by atoms with Crippen molar-refractivity contribution < 1.29 is 5.11 Å². The second-order valence-corrected chi connectivity index (χ2v) is 3.29. The monoisotopic (exact) mass is 126 g/mol. The van der Waals surface area contributed by atoms with E-state index in [1.807, 2.05) is 13.8 Å². The Bertz CT molecular complexity index is 111. The molecule has 0 aromatic carbocycles. The van der Waals surface area contributed by atoms with Gasteiger partial charge in [0, 0.05) is 0 Å². The zero-order chi connectivity index (χ0) is 6.91. The van der Waals surface area contributed by atoms with Gasteiger partial charge in [-0.05, 0) is 32.6 Å². The third-order valence-corrected chi connectivity index (χ3v) is 2.01. The van der Waals surface area contributed by atoms with Crippen molar-refractivity contribution in [3.05, 3.63) is 12.2 Å². The Morgan fingerprint density at radius 1 is 1.33 bits per heavy atom. The minimum Gasteiger partial charge on any atom is -0.390 e. The molecule has 1 heteroatoms. The van der Waals surface area contributed by atoms with Gasteiger partial charge in [0.25, 0.3) is 0 Å². The van der Waals surface area contributed by atoms with E-state index in [1.165, 1.54) is 0 Å².